The van der Waals surface area contributed by atoms with Gasteiger partial charge in [-0.1, -0.05) is 18.2 Å². The van der Waals surface area contributed by atoms with E-state index in [2.05, 4.69) is 0 Å². The minimum absolute atomic E-state index is 0.362. The van der Waals surface area contributed by atoms with Gasteiger partial charge in [0.05, 0.1) is 4.87 Å². The Morgan fingerprint density at radius 1 is 1.55 bits per heavy atom. The molecule has 4 N–H and O–H groups in total. The lowest BCUT2D eigenvalue weighted by Crippen LogP contribution is -2.30. The van der Waals surface area contributed by atoms with Crippen molar-refractivity contribution in [3.05, 3.63) is 23.8 Å². The van der Waals surface area contributed by atoms with Gasteiger partial charge in [-0.25, -0.2) is 0 Å². The highest BCUT2D eigenvalue weighted by Crippen LogP contribution is 2.25. The van der Waals surface area contributed by atoms with Gasteiger partial charge in [0.2, 0.25) is 0 Å². The van der Waals surface area contributed by atoms with Crippen LogP contribution >= 0.6 is 11.6 Å². The molecule has 0 bridgehead atoms. The fraction of sp³-hybridized carbons (Fsp3) is 0.500. The summed E-state index contributed by atoms with van der Waals surface area (Å²) in [6.45, 7) is 1.05. The Morgan fingerprint density at radius 3 is 2.64 bits per heavy atom. The second kappa shape index (κ2) is 3.39. The molecule has 0 aliphatic heterocycles. The van der Waals surface area contributed by atoms with Gasteiger partial charge in [-0.05, 0) is 12.0 Å². The molecule has 0 radical (unpaired) electrons. The van der Waals surface area contributed by atoms with E-state index in [1.54, 1.807) is 0 Å². The van der Waals surface area contributed by atoms with Crippen LogP contribution in [-0.2, 0) is 0 Å². The fourth-order valence-corrected chi connectivity index (χ4v) is 1.14. The molecule has 0 saturated heterocycles. The molecule has 11 heavy (non-hydrogen) atoms. The zero-order valence-electron chi connectivity index (χ0n) is 6.39. The second-order valence-corrected chi connectivity index (χ2v) is 3.51. The summed E-state index contributed by atoms with van der Waals surface area (Å²) in [6, 6.07) is 0. The average molecular weight is 173 g/mol. The van der Waals surface area contributed by atoms with Crippen molar-refractivity contribution < 1.29 is 0 Å². The van der Waals surface area contributed by atoms with Gasteiger partial charge in [0, 0.05) is 13.1 Å². The topological polar surface area (TPSA) is 52.0 Å². The van der Waals surface area contributed by atoms with E-state index in [1.165, 1.54) is 0 Å². The summed E-state index contributed by atoms with van der Waals surface area (Å²) in [4.78, 5) is -0.362. The van der Waals surface area contributed by atoms with Gasteiger partial charge in [0.15, 0.2) is 0 Å². The molecular formula is C8H13ClN2. The molecule has 1 aliphatic carbocycles. The number of hydrogen-bond donors (Lipinski definition) is 2. The number of alkyl halides is 1. The van der Waals surface area contributed by atoms with E-state index >= 15 is 0 Å². The average Bonchev–Trinajstić information content (AvgIpc) is 2.06. The Morgan fingerprint density at radius 2 is 2.27 bits per heavy atom. The van der Waals surface area contributed by atoms with Crippen LogP contribution in [-0.4, -0.2) is 18.0 Å². The number of rotatable bonds is 2. The molecule has 0 aromatic carbocycles. The van der Waals surface area contributed by atoms with E-state index in [0.29, 0.717) is 13.1 Å². The summed E-state index contributed by atoms with van der Waals surface area (Å²) in [7, 11) is 0. The quantitative estimate of drug-likeness (QED) is 0.605. The van der Waals surface area contributed by atoms with Gasteiger partial charge in [0.1, 0.15) is 0 Å². The van der Waals surface area contributed by atoms with Crippen molar-refractivity contribution in [3.8, 4) is 0 Å². The van der Waals surface area contributed by atoms with Crippen molar-refractivity contribution in [2.45, 2.75) is 11.3 Å². The summed E-state index contributed by atoms with van der Waals surface area (Å²) < 4.78 is 0. The third-order valence-electron chi connectivity index (χ3n) is 1.87. The van der Waals surface area contributed by atoms with E-state index in [-0.39, 0.29) is 4.87 Å². The predicted molar refractivity (Wildman–Crippen MR) is 48.5 cm³/mol. The molecule has 0 spiro atoms. The van der Waals surface area contributed by atoms with Crippen LogP contribution in [0.5, 0.6) is 0 Å². The SMILES string of the molecule is NCC1=CCC(Cl)(CN)C=C1. The Kier molecular flexibility index (Phi) is 2.71. The largest absolute Gasteiger partial charge is 0.328 e. The molecule has 1 aliphatic rings. The standard InChI is InChI=1S/C8H13ClN2/c9-8(6-11)3-1-7(5-10)2-4-8/h1-3H,4-6,10-11H2. The summed E-state index contributed by atoms with van der Waals surface area (Å²) in [5.41, 5.74) is 12.1. The third kappa shape index (κ3) is 2.06. The first-order chi connectivity index (χ1) is 5.20. The molecule has 0 saturated carbocycles. The van der Waals surface area contributed by atoms with Gasteiger partial charge in [-0.2, -0.15) is 0 Å². The molecule has 1 unspecified atom stereocenters. The minimum atomic E-state index is -0.362. The molecule has 1 atom stereocenters. The maximum Gasteiger partial charge on any atom is 0.0785 e. The molecular weight excluding hydrogens is 160 g/mol. The van der Waals surface area contributed by atoms with Crippen LogP contribution in [0, 0.1) is 0 Å². The molecule has 3 heteroatoms. The van der Waals surface area contributed by atoms with Crippen molar-refractivity contribution in [3.63, 3.8) is 0 Å². The van der Waals surface area contributed by atoms with Gasteiger partial charge >= 0.3 is 0 Å². The summed E-state index contributed by atoms with van der Waals surface area (Å²) >= 11 is 6.08. The van der Waals surface area contributed by atoms with Crippen molar-refractivity contribution in [1.29, 1.82) is 0 Å². The maximum atomic E-state index is 6.08. The Balaban J connectivity index is 2.63. The highest BCUT2D eigenvalue weighted by Gasteiger charge is 2.22. The Hall–Kier alpha value is -0.310. The van der Waals surface area contributed by atoms with Crippen LogP contribution in [0.3, 0.4) is 0 Å². The summed E-state index contributed by atoms with van der Waals surface area (Å²) in [6.07, 6.45) is 6.70. The fourth-order valence-electron chi connectivity index (χ4n) is 0.996. The monoisotopic (exact) mass is 172 g/mol. The van der Waals surface area contributed by atoms with E-state index < -0.39 is 0 Å². The molecule has 62 valence electrons. The number of hydrogen-bond acceptors (Lipinski definition) is 2. The Bertz CT molecular complexity index is 198. The first kappa shape index (κ1) is 8.78. The molecule has 0 aromatic rings. The summed E-state index contributed by atoms with van der Waals surface area (Å²) in [5, 5.41) is 0. The lowest BCUT2D eigenvalue weighted by Gasteiger charge is -2.23. The van der Waals surface area contributed by atoms with E-state index in [0.717, 1.165) is 12.0 Å². The zero-order valence-corrected chi connectivity index (χ0v) is 7.14. The predicted octanol–water partition coefficient (Wildman–Crippen LogP) is 0.768. The highest BCUT2D eigenvalue weighted by atomic mass is 35.5. The lowest BCUT2D eigenvalue weighted by atomic mass is 9.96. The number of nitrogens with two attached hydrogens (primary N) is 2. The third-order valence-corrected chi connectivity index (χ3v) is 2.31. The minimum Gasteiger partial charge on any atom is -0.328 e. The van der Waals surface area contributed by atoms with Crippen LogP contribution in [0.1, 0.15) is 6.42 Å². The van der Waals surface area contributed by atoms with Crippen LogP contribution in [0.2, 0.25) is 0 Å². The van der Waals surface area contributed by atoms with Gasteiger partial charge < -0.3 is 11.5 Å². The van der Waals surface area contributed by atoms with E-state index in [1.807, 2.05) is 18.2 Å². The first-order valence-electron chi connectivity index (χ1n) is 3.67. The van der Waals surface area contributed by atoms with Gasteiger partial charge in [0.25, 0.3) is 0 Å². The number of halogens is 1. The van der Waals surface area contributed by atoms with Gasteiger partial charge in [-0.15, -0.1) is 11.6 Å². The van der Waals surface area contributed by atoms with Gasteiger partial charge in [-0.3, -0.25) is 0 Å². The Labute approximate surface area is 71.9 Å². The van der Waals surface area contributed by atoms with Crippen LogP contribution in [0.15, 0.2) is 23.8 Å². The number of allylic oxidation sites excluding steroid dienone is 1. The normalized spacial score (nSPS) is 30.3. The smallest absolute Gasteiger partial charge is 0.0785 e. The molecule has 2 nitrogen and oxygen atoms in total. The van der Waals surface area contributed by atoms with E-state index in [4.69, 9.17) is 23.1 Å². The molecule has 0 amide bonds. The molecule has 0 aromatic heterocycles. The summed E-state index contributed by atoms with van der Waals surface area (Å²) in [5.74, 6) is 0. The molecule has 0 fully saturated rings. The maximum absolute atomic E-state index is 6.08. The lowest BCUT2D eigenvalue weighted by molar-refractivity contribution is 0.705. The zero-order chi connectivity index (χ0) is 8.32. The highest BCUT2D eigenvalue weighted by molar-refractivity contribution is 6.25. The van der Waals surface area contributed by atoms with Crippen molar-refractivity contribution in [2.75, 3.05) is 13.1 Å². The van der Waals surface area contributed by atoms with Crippen LogP contribution in [0.4, 0.5) is 0 Å². The first-order valence-corrected chi connectivity index (χ1v) is 4.05. The second-order valence-electron chi connectivity index (χ2n) is 2.76. The van der Waals surface area contributed by atoms with Crippen molar-refractivity contribution in [1.82, 2.24) is 0 Å². The van der Waals surface area contributed by atoms with Crippen molar-refractivity contribution in [2.24, 2.45) is 11.5 Å². The molecule has 0 heterocycles. The van der Waals surface area contributed by atoms with E-state index in [9.17, 15) is 0 Å². The van der Waals surface area contributed by atoms with Crippen LogP contribution in [0.25, 0.3) is 0 Å². The van der Waals surface area contributed by atoms with Crippen LogP contribution < -0.4 is 11.5 Å². The molecule has 1 rings (SSSR count). The van der Waals surface area contributed by atoms with Crippen molar-refractivity contribution >= 4 is 11.6 Å².